The lowest BCUT2D eigenvalue weighted by Crippen LogP contribution is -2.67. The number of hydrogen-bond acceptors (Lipinski definition) is 6. The first kappa shape index (κ1) is 22.7. The van der Waals surface area contributed by atoms with E-state index in [2.05, 4.69) is 15.9 Å². The number of ether oxygens (including phenoxy) is 1. The number of nitro groups is 1. The Bertz CT molecular complexity index is 1370. The highest BCUT2D eigenvalue weighted by molar-refractivity contribution is 9.10. The van der Waals surface area contributed by atoms with Crippen molar-refractivity contribution in [3.05, 3.63) is 98.0 Å². The molecule has 10 heteroatoms. The first-order valence-corrected chi connectivity index (χ1v) is 11.6. The van der Waals surface area contributed by atoms with E-state index in [1.165, 1.54) is 23.1 Å². The molecule has 0 spiro atoms. The minimum absolute atomic E-state index is 0.0791. The Morgan fingerprint density at radius 3 is 2.23 bits per heavy atom. The summed E-state index contributed by atoms with van der Waals surface area (Å²) in [5, 5.41) is 11.5. The van der Waals surface area contributed by atoms with Crippen molar-refractivity contribution < 1.29 is 24.0 Å². The molecule has 0 aliphatic carbocycles. The number of benzene rings is 3. The third kappa shape index (κ3) is 3.57. The lowest BCUT2D eigenvalue weighted by Gasteiger charge is -2.49. The molecule has 0 N–H and O–H groups in total. The number of carbonyl (C=O) groups is 3. The zero-order valence-electron chi connectivity index (χ0n) is 18.4. The number of anilines is 1. The molecule has 0 unspecified atom stereocenters. The first-order valence-electron chi connectivity index (χ1n) is 10.8. The van der Waals surface area contributed by atoms with Crippen molar-refractivity contribution in [3.63, 3.8) is 0 Å². The number of β-lactam (4-membered cyclic amide) rings is 1. The molecule has 2 atom stereocenters. The molecule has 9 nitrogen and oxygen atoms in total. The third-order valence-corrected chi connectivity index (χ3v) is 6.63. The van der Waals surface area contributed by atoms with Crippen LogP contribution < -0.4 is 9.64 Å². The largest absolute Gasteiger partial charge is 0.494 e. The Balaban J connectivity index is 1.58. The molecule has 2 aliphatic heterocycles. The van der Waals surface area contributed by atoms with E-state index >= 15 is 0 Å². The van der Waals surface area contributed by atoms with Gasteiger partial charge in [0.1, 0.15) is 17.4 Å². The fourth-order valence-electron chi connectivity index (χ4n) is 4.56. The zero-order valence-corrected chi connectivity index (χ0v) is 20.0. The van der Waals surface area contributed by atoms with Gasteiger partial charge in [0.15, 0.2) is 0 Å². The molecule has 2 aliphatic rings. The maximum atomic E-state index is 13.5. The summed E-state index contributed by atoms with van der Waals surface area (Å²) in [6.45, 7) is 2.36. The maximum absolute atomic E-state index is 13.5. The molecule has 0 saturated carbocycles. The number of halogens is 1. The number of amides is 3. The quantitative estimate of drug-likeness (QED) is 0.199. The highest BCUT2D eigenvalue weighted by atomic mass is 79.9. The zero-order chi connectivity index (χ0) is 24.9. The lowest BCUT2D eigenvalue weighted by atomic mass is 9.86. The Hall–Kier alpha value is -4.05. The molecule has 176 valence electrons. The molecule has 5 rings (SSSR count). The van der Waals surface area contributed by atoms with Crippen molar-refractivity contribution in [2.24, 2.45) is 0 Å². The van der Waals surface area contributed by atoms with Gasteiger partial charge in [-0.1, -0.05) is 34.1 Å². The van der Waals surface area contributed by atoms with Gasteiger partial charge in [-0.25, -0.2) is 0 Å². The second kappa shape index (κ2) is 8.62. The van der Waals surface area contributed by atoms with Gasteiger partial charge in [-0.05, 0) is 55.0 Å². The summed E-state index contributed by atoms with van der Waals surface area (Å²) in [6.07, 6.45) is 0. The standard InChI is InChI=1S/C25H18BrN3O6/c1-2-35-17-12-6-14(7-13-17)21-22(25(32)27(21)16-10-8-15(26)9-11-16)28-23(30)18-4-3-5-19(29(33)34)20(18)24(28)31/h3-13,21-22H,2H2,1H3/t21-,22+/m0/s1. The van der Waals surface area contributed by atoms with Crippen molar-refractivity contribution in [1.29, 1.82) is 0 Å². The molecular weight excluding hydrogens is 518 g/mol. The van der Waals surface area contributed by atoms with E-state index in [4.69, 9.17) is 4.74 Å². The third-order valence-electron chi connectivity index (χ3n) is 6.10. The first-order chi connectivity index (χ1) is 16.8. The fourth-order valence-corrected chi connectivity index (χ4v) is 4.83. The molecule has 0 radical (unpaired) electrons. The highest BCUT2D eigenvalue weighted by Crippen LogP contribution is 2.45. The van der Waals surface area contributed by atoms with Crippen LogP contribution in [0.3, 0.4) is 0 Å². The van der Waals surface area contributed by atoms with Gasteiger partial charge < -0.3 is 9.64 Å². The van der Waals surface area contributed by atoms with E-state index in [0.29, 0.717) is 23.6 Å². The molecule has 0 bridgehead atoms. The van der Waals surface area contributed by atoms with Crippen LogP contribution in [0.5, 0.6) is 5.75 Å². The average molecular weight is 536 g/mol. The van der Waals surface area contributed by atoms with Crippen LogP contribution >= 0.6 is 15.9 Å². The summed E-state index contributed by atoms with van der Waals surface area (Å²) in [5.41, 5.74) is 0.452. The van der Waals surface area contributed by atoms with Crippen molar-refractivity contribution in [3.8, 4) is 5.75 Å². The summed E-state index contributed by atoms with van der Waals surface area (Å²) in [4.78, 5) is 53.2. The predicted octanol–water partition coefficient (Wildman–Crippen LogP) is 4.51. The molecule has 3 aromatic rings. The lowest BCUT2D eigenvalue weighted by molar-refractivity contribution is -0.385. The van der Waals surface area contributed by atoms with Crippen molar-refractivity contribution in [2.45, 2.75) is 19.0 Å². The highest BCUT2D eigenvalue weighted by Gasteiger charge is 2.58. The van der Waals surface area contributed by atoms with E-state index < -0.39 is 40.4 Å². The number of imide groups is 1. The van der Waals surface area contributed by atoms with Crippen LogP contribution in [-0.2, 0) is 4.79 Å². The van der Waals surface area contributed by atoms with Gasteiger partial charge in [0.25, 0.3) is 23.4 Å². The average Bonchev–Trinajstić information content (AvgIpc) is 3.10. The van der Waals surface area contributed by atoms with Gasteiger partial charge in [0.2, 0.25) is 0 Å². The summed E-state index contributed by atoms with van der Waals surface area (Å²) in [5.74, 6) is -1.38. The normalized spacial score (nSPS) is 19.0. The molecule has 1 saturated heterocycles. The van der Waals surface area contributed by atoms with Crippen LogP contribution in [0.1, 0.15) is 39.2 Å². The van der Waals surface area contributed by atoms with Crippen LogP contribution in [0.15, 0.2) is 71.2 Å². The number of hydrogen-bond donors (Lipinski definition) is 0. The molecule has 0 aromatic heterocycles. The predicted molar refractivity (Wildman–Crippen MR) is 129 cm³/mol. The molecule has 2 heterocycles. The number of nitrogens with zero attached hydrogens (tertiary/aromatic N) is 3. The summed E-state index contributed by atoms with van der Waals surface area (Å²) >= 11 is 3.38. The Kier molecular flexibility index (Phi) is 5.60. The van der Waals surface area contributed by atoms with Gasteiger partial charge in [-0.15, -0.1) is 0 Å². The second-order valence-electron chi connectivity index (χ2n) is 8.01. The monoisotopic (exact) mass is 535 g/mol. The van der Waals surface area contributed by atoms with Crippen LogP contribution in [0, 0.1) is 10.1 Å². The number of nitro benzene ring substituents is 1. The summed E-state index contributed by atoms with van der Waals surface area (Å²) in [7, 11) is 0. The summed E-state index contributed by atoms with van der Waals surface area (Å²) < 4.78 is 6.34. The molecule has 1 fully saturated rings. The van der Waals surface area contributed by atoms with Crippen molar-refractivity contribution in [2.75, 3.05) is 11.5 Å². The van der Waals surface area contributed by atoms with Crippen molar-refractivity contribution in [1.82, 2.24) is 4.90 Å². The Morgan fingerprint density at radius 2 is 1.60 bits per heavy atom. The fraction of sp³-hybridized carbons (Fsp3) is 0.160. The number of fused-ring (bicyclic) bond motifs is 1. The minimum atomic E-state index is -1.15. The van der Waals surface area contributed by atoms with E-state index in [-0.39, 0.29) is 11.1 Å². The van der Waals surface area contributed by atoms with Gasteiger partial charge in [0.05, 0.1) is 23.1 Å². The van der Waals surface area contributed by atoms with Crippen LogP contribution in [0.4, 0.5) is 11.4 Å². The van der Waals surface area contributed by atoms with E-state index in [9.17, 15) is 24.5 Å². The minimum Gasteiger partial charge on any atom is -0.494 e. The van der Waals surface area contributed by atoms with Crippen LogP contribution in [0.25, 0.3) is 0 Å². The maximum Gasteiger partial charge on any atom is 0.282 e. The van der Waals surface area contributed by atoms with Gasteiger partial charge in [-0.3, -0.25) is 29.4 Å². The number of rotatable bonds is 6. The Morgan fingerprint density at radius 1 is 0.914 bits per heavy atom. The van der Waals surface area contributed by atoms with Gasteiger partial charge in [-0.2, -0.15) is 0 Å². The van der Waals surface area contributed by atoms with E-state index in [0.717, 1.165) is 9.37 Å². The molecule has 35 heavy (non-hydrogen) atoms. The molecule has 3 aromatic carbocycles. The Labute approximate surface area is 208 Å². The van der Waals surface area contributed by atoms with Crippen LogP contribution in [0.2, 0.25) is 0 Å². The molecule has 3 amide bonds. The van der Waals surface area contributed by atoms with E-state index in [1.807, 2.05) is 6.92 Å². The second-order valence-corrected chi connectivity index (χ2v) is 8.93. The summed E-state index contributed by atoms with van der Waals surface area (Å²) in [6, 6.07) is 16.2. The van der Waals surface area contributed by atoms with Crippen LogP contribution in [-0.4, -0.2) is 40.2 Å². The molecular formula is C25H18BrN3O6. The van der Waals surface area contributed by atoms with Gasteiger partial charge in [0, 0.05) is 16.2 Å². The smallest absolute Gasteiger partial charge is 0.282 e. The topological polar surface area (TPSA) is 110 Å². The SMILES string of the molecule is CCOc1ccc([C@H]2[C@@H](N3C(=O)c4cccc([N+](=O)[O-])c4C3=O)C(=O)N2c2ccc(Br)cc2)cc1. The van der Waals surface area contributed by atoms with Gasteiger partial charge >= 0.3 is 0 Å². The van der Waals surface area contributed by atoms with Crippen molar-refractivity contribution >= 4 is 45.0 Å². The number of carbonyl (C=O) groups excluding carboxylic acids is 3. The van der Waals surface area contributed by atoms with E-state index in [1.54, 1.807) is 48.5 Å².